The summed E-state index contributed by atoms with van der Waals surface area (Å²) in [5.41, 5.74) is 2.26. The number of benzene rings is 1. The van der Waals surface area contributed by atoms with E-state index in [0.29, 0.717) is 11.5 Å². The van der Waals surface area contributed by atoms with Crippen LogP contribution >= 0.6 is 0 Å². The summed E-state index contributed by atoms with van der Waals surface area (Å²) in [5, 5.41) is 8.96. The number of carboxylic acids is 1. The van der Waals surface area contributed by atoms with Crippen molar-refractivity contribution in [1.82, 2.24) is 4.98 Å². The highest BCUT2D eigenvalue weighted by Gasteiger charge is 2.17. The average Bonchev–Trinajstić information content (AvgIpc) is 2.65. The van der Waals surface area contributed by atoms with E-state index >= 15 is 0 Å². The molecule has 0 fully saturated rings. The molecule has 2 aromatic rings. The van der Waals surface area contributed by atoms with Gasteiger partial charge in [-0.1, -0.05) is 0 Å². The first-order valence-electron chi connectivity index (χ1n) is 5.32. The summed E-state index contributed by atoms with van der Waals surface area (Å²) < 4.78 is 5.36. The van der Waals surface area contributed by atoms with Gasteiger partial charge in [0, 0.05) is 19.7 Å². The zero-order valence-electron chi connectivity index (χ0n) is 9.97. The van der Waals surface area contributed by atoms with E-state index in [1.54, 1.807) is 31.9 Å². The van der Waals surface area contributed by atoms with E-state index < -0.39 is 12.0 Å². The van der Waals surface area contributed by atoms with Gasteiger partial charge in [-0.3, -0.25) is 0 Å². The molecule has 1 aromatic carbocycles. The number of oxazole rings is 1. The maximum Gasteiger partial charge on any atom is 0.326 e. The molecule has 0 aliphatic rings. The van der Waals surface area contributed by atoms with Crippen LogP contribution in [0.2, 0.25) is 0 Å². The van der Waals surface area contributed by atoms with Crippen LogP contribution in [0.4, 0.5) is 5.69 Å². The molecule has 1 heterocycles. The largest absolute Gasteiger partial charge is 0.480 e. The van der Waals surface area contributed by atoms with Gasteiger partial charge in [-0.2, -0.15) is 0 Å². The van der Waals surface area contributed by atoms with Crippen LogP contribution in [0.15, 0.2) is 22.6 Å². The van der Waals surface area contributed by atoms with Gasteiger partial charge in [0.15, 0.2) is 11.5 Å². The Morgan fingerprint density at radius 1 is 1.53 bits per heavy atom. The number of aromatic nitrogens is 1. The van der Waals surface area contributed by atoms with Crippen molar-refractivity contribution in [2.45, 2.75) is 19.9 Å². The van der Waals surface area contributed by atoms with Gasteiger partial charge >= 0.3 is 5.97 Å². The van der Waals surface area contributed by atoms with Crippen molar-refractivity contribution in [1.29, 1.82) is 0 Å². The maximum atomic E-state index is 10.9. The molecule has 1 unspecified atom stereocenters. The van der Waals surface area contributed by atoms with Crippen LogP contribution in [0.1, 0.15) is 12.8 Å². The van der Waals surface area contributed by atoms with Gasteiger partial charge in [-0.05, 0) is 25.1 Å². The zero-order chi connectivity index (χ0) is 12.6. The smallest absolute Gasteiger partial charge is 0.326 e. The fourth-order valence-electron chi connectivity index (χ4n) is 1.64. The molecule has 17 heavy (non-hydrogen) atoms. The molecule has 1 atom stereocenters. The van der Waals surface area contributed by atoms with Crippen LogP contribution in [0.25, 0.3) is 11.1 Å². The van der Waals surface area contributed by atoms with E-state index in [2.05, 4.69) is 4.98 Å². The van der Waals surface area contributed by atoms with E-state index in [1.165, 1.54) is 0 Å². The third-order valence-corrected chi connectivity index (χ3v) is 2.82. The number of anilines is 1. The lowest BCUT2D eigenvalue weighted by Gasteiger charge is -2.23. The third-order valence-electron chi connectivity index (χ3n) is 2.82. The van der Waals surface area contributed by atoms with Gasteiger partial charge in [-0.25, -0.2) is 9.78 Å². The summed E-state index contributed by atoms with van der Waals surface area (Å²) in [4.78, 5) is 16.8. The van der Waals surface area contributed by atoms with E-state index in [0.717, 1.165) is 11.2 Å². The molecule has 0 saturated heterocycles. The fourth-order valence-corrected chi connectivity index (χ4v) is 1.64. The van der Waals surface area contributed by atoms with Crippen LogP contribution < -0.4 is 4.90 Å². The molecule has 0 radical (unpaired) electrons. The molecule has 1 N–H and O–H groups in total. The first-order valence-corrected chi connectivity index (χ1v) is 5.32. The van der Waals surface area contributed by atoms with E-state index in [9.17, 15) is 4.79 Å². The summed E-state index contributed by atoms with van der Waals surface area (Å²) in [6.07, 6.45) is 0. The zero-order valence-corrected chi connectivity index (χ0v) is 9.97. The quantitative estimate of drug-likeness (QED) is 0.880. The molecule has 0 bridgehead atoms. The number of rotatable bonds is 3. The van der Waals surface area contributed by atoms with Gasteiger partial charge < -0.3 is 14.4 Å². The van der Waals surface area contributed by atoms with Gasteiger partial charge in [0.25, 0.3) is 0 Å². The van der Waals surface area contributed by atoms with Crippen LogP contribution in [0.3, 0.4) is 0 Å². The molecule has 1 aromatic heterocycles. The van der Waals surface area contributed by atoms with Crippen molar-refractivity contribution >= 4 is 22.8 Å². The highest BCUT2D eigenvalue weighted by atomic mass is 16.4. The Hall–Kier alpha value is -2.04. The minimum Gasteiger partial charge on any atom is -0.480 e. The average molecular weight is 234 g/mol. The number of carbonyl (C=O) groups is 1. The van der Waals surface area contributed by atoms with Crippen LogP contribution in [0.5, 0.6) is 0 Å². The number of aryl methyl sites for hydroxylation is 1. The number of aliphatic carboxylic acids is 1. The normalized spacial score (nSPS) is 12.6. The number of carboxylic acid groups (broad SMARTS) is 1. The van der Waals surface area contributed by atoms with Gasteiger partial charge in [0.05, 0.1) is 0 Å². The molecule has 5 nitrogen and oxygen atoms in total. The molecule has 0 spiro atoms. The molecule has 90 valence electrons. The highest BCUT2D eigenvalue weighted by Crippen LogP contribution is 2.23. The molecule has 2 rings (SSSR count). The van der Waals surface area contributed by atoms with Gasteiger partial charge in [0.1, 0.15) is 11.6 Å². The maximum absolute atomic E-state index is 10.9. The van der Waals surface area contributed by atoms with Crippen molar-refractivity contribution in [3.05, 3.63) is 24.1 Å². The number of fused-ring (bicyclic) bond motifs is 1. The van der Waals surface area contributed by atoms with Crippen LogP contribution in [0, 0.1) is 6.92 Å². The summed E-state index contributed by atoms with van der Waals surface area (Å²) >= 11 is 0. The standard InChI is InChI=1S/C12H14N2O3/c1-7(12(15)16)14(3)9-4-5-11-10(6-9)13-8(2)17-11/h4-7H,1-3H3,(H,15,16). The summed E-state index contributed by atoms with van der Waals surface area (Å²) in [5.74, 6) is -0.255. The molecule has 0 aliphatic heterocycles. The molecular formula is C12H14N2O3. The number of likely N-dealkylation sites (N-methyl/N-ethyl adjacent to an activating group) is 1. The predicted octanol–water partition coefficient (Wildman–Crippen LogP) is 2.05. The van der Waals surface area contributed by atoms with Gasteiger partial charge in [-0.15, -0.1) is 0 Å². The van der Waals surface area contributed by atoms with E-state index in [4.69, 9.17) is 9.52 Å². The Bertz CT molecular complexity index is 562. The number of hydrogen-bond acceptors (Lipinski definition) is 4. The first-order chi connectivity index (χ1) is 7.99. The minimum atomic E-state index is -0.857. The molecule has 0 saturated carbocycles. The topological polar surface area (TPSA) is 66.6 Å². The second-order valence-corrected chi connectivity index (χ2v) is 4.01. The monoisotopic (exact) mass is 234 g/mol. The molecular weight excluding hydrogens is 220 g/mol. The second-order valence-electron chi connectivity index (χ2n) is 4.01. The Morgan fingerprint density at radius 2 is 2.24 bits per heavy atom. The van der Waals surface area contributed by atoms with E-state index in [1.807, 2.05) is 12.1 Å². The van der Waals surface area contributed by atoms with Crippen LogP contribution in [-0.2, 0) is 4.79 Å². The van der Waals surface area contributed by atoms with Crippen molar-refractivity contribution in [2.24, 2.45) is 0 Å². The summed E-state index contributed by atoms with van der Waals surface area (Å²) in [7, 11) is 1.74. The SMILES string of the molecule is Cc1nc2cc(N(C)C(C)C(=O)O)ccc2o1. The lowest BCUT2D eigenvalue weighted by atomic mass is 10.2. The Balaban J connectivity index is 2.38. The summed E-state index contributed by atoms with van der Waals surface area (Å²) in [6, 6.07) is 4.87. The lowest BCUT2D eigenvalue weighted by molar-refractivity contribution is -0.138. The summed E-state index contributed by atoms with van der Waals surface area (Å²) in [6.45, 7) is 3.42. The highest BCUT2D eigenvalue weighted by molar-refractivity contribution is 5.81. The van der Waals surface area contributed by atoms with Crippen molar-refractivity contribution in [2.75, 3.05) is 11.9 Å². The predicted molar refractivity (Wildman–Crippen MR) is 64.2 cm³/mol. The van der Waals surface area contributed by atoms with E-state index in [-0.39, 0.29) is 0 Å². The van der Waals surface area contributed by atoms with Crippen molar-refractivity contribution in [3.63, 3.8) is 0 Å². The number of nitrogens with zero attached hydrogens (tertiary/aromatic N) is 2. The van der Waals surface area contributed by atoms with Crippen LogP contribution in [-0.4, -0.2) is 29.1 Å². The Labute approximate surface area is 98.7 Å². The third kappa shape index (κ3) is 2.08. The Kier molecular flexibility index (Phi) is 2.75. The fraction of sp³-hybridized carbons (Fsp3) is 0.333. The molecule has 5 heteroatoms. The van der Waals surface area contributed by atoms with Gasteiger partial charge in [0.2, 0.25) is 0 Å². The van der Waals surface area contributed by atoms with Crippen molar-refractivity contribution < 1.29 is 14.3 Å². The first kappa shape index (κ1) is 11.4. The molecule has 0 amide bonds. The second kappa shape index (κ2) is 4.08. The minimum absolute atomic E-state index is 0.583. The van der Waals surface area contributed by atoms with Crippen molar-refractivity contribution in [3.8, 4) is 0 Å². The molecule has 0 aliphatic carbocycles. The Morgan fingerprint density at radius 3 is 2.88 bits per heavy atom. The lowest BCUT2D eigenvalue weighted by Crippen LogP contribution is -2.35. The number of hydrogen-bond donors (Lipinski definition) is 1.